The van der Waals surface area contributed by atoms with Gasteiger partial charge in [0.25, 0.3) is 5.91 Å². The molecule has 2 aromatic carbocycles. The zero-order valence-electron chi connectivity index (χ0n) is 12.0. The van der Waals surface area contributed by atoms with Crippen LogP contribution in [-0.2, 0) is 6.42 Å². The molecule has 2 rings (SSSR count). The van der Waals surface area contributed by atoms with Crippen LogP contribution in [0.15, 0.2) is 54.6 Å². The minimum absolute atomic E-state index is 0.0376. The molecule has 0 fully saturated rings. The van der Waals surface area contributed by atoms with Crippen molar-refractivity contribution in [3.05, 3.63) is 65.7 Å². The Morgan fingerprint density at radius 3 is 2.36 bits per heavy atom. The zero-order valence-corrected chi connectivity index (χ0v) is 12.0. The first-order valence-corrected chi connectivity index (χ1v) is 7.02. The normalized spacial score (nSPS) is 10.5. The Bertz CT molecular complexity index is 585. The molecule has 0 heterocycles. The fourth-order valence-corrected chi connectivity index (χ4v) is 2.03. The summed E-state index contributed by atoms with van der Waals surface area (Å²) >= 11 is 0. The number of alkyl halides is 2. The number of halogens is 2. The highest BCUT2D eigenvalue weighted by molar-refractivity contribution is 5.94. The van der Waals surface area contributed by atoms with Gasteiger partial charge in [-0.2, -0.15) is 8.78 Å². The summed E-state index contributed by atoms with van der Waals surface area (Å²) in [5.41, 5.74) is 1.64. The fourth-order valence-electron chi connectivity index (χ4n) is 2.03. The van der Waals surface area contributed by atoms with Gasteiger partial charge < -0.3 is 10.1 Å². The third-order valence-corrected chi connectivity index (χ3v) is 3.11. The maximum atomic E-state index is 12.0. The Morgan fingerprint density at radius 2 is 1.73 bits per heavy atom. The summed E-state index contributed by atoms with van der Waals surface area (Å²) in [5.74, 6) is -0.188. The molecule has 2 aromatic rings. The lowest BCUT2D eigenvalue weighted by molar-refractivity contribution is -0.0498. The van der Waals surface area contributed by atoms with Crippen molar-refractivity contribution in [1.29, 1.82) is 0 Å². The van der Waals surface area contributed by atoms with Crippen molar-refractivity contribution in [1.82, 2.24) is 5.32 Å². The number of aryl methyl sites for hydroxylation is 1. The topological polar surface area (TPSA) is 38.3 Å². The summed E-state index contributed by atoms with van der Waals surface area (Å²) in [7, 11) is 0. The van der Waals surface area contributed by atoms with Crippen molar-refractivity contribution in [2.45, 2.75) is 19.5 Å². The lowest BCUT2D eigenvalue weighted by Gasteiger charge is -2.07. The van der Waals surface area contributed by atoms with Crippen molar-refractivity contribution in [2.75, 3.05) is 6.54 Å². The third kappa shape index (κ3) is 5.16. The number of benzene rings is 2. The van der Waals surface area contributed by atoms with Gasteiger partial charge in [-0.05, 0) is 42.7 Å². The third-order valence-electron chi connectivity index (χ3n) is 3.11. The van der Waals surface area contributed by atoms with Crippen molar-refractivity contribution < 1.29 is 18.3 Å². The number of rotatable bonds is 7. The first kappa shape index (κ1) is 15.9. The van der Waals surface area contributed by atoms with Crippen LogP contribution in [0.4, 0.5) is 8.78 Å². The summed E-state index contributed by atoms with van der Waals surface area (Å²) in [6.07, 6.45) is 1.73. The van der Waals surface area contributed by atoms with Crippen LogP contribution in [0.3, 0.4) is 0 Å². The molecular weight excluding hydrogens is 288 g/mol. The predicted octanol–water partition coefficient (Wildman–Crippen LogP) is 3.65. The number of amides is 1. The molecule has 0 aliphatic heterocycles. The van der Waals surface area contributed by atoms with Crippen molar-refractivity contribution in [3.8, 4) is 5.75 Å². The van der Waals surface area contributed by atoms with Gasteiger partial charge in [0, 0.05) is 12.1 Å². The van der Waals surface area contributed by atoms with E-state index in [1.807, 2.05) is 30.3 Å². The van der Waals surface area contributed by atoms with Gasteiger partial charge in [-0.3, -0.25) is 4.79 Å². The molecule has 0 spiro atoms. The summed E-state index contributed by atoms with van der Waals surface area (Å²) in [6, 6.07) is 15.7. The van der Waals surface area contributed by atoms with Gasteiger partial charge in [-0.25, -0.2) is 0 Å². The molecule has 0 aliphatic carbocycles. The van der Waals surface area contributed by atoms with Gasteiger partial charge in [0.05, 0.1) is 0 Å². The molecular formula is C17H17F2NO2. The molecule has 0 atom stereocenters. The SMILES string of the molecule is O=C(NCCCc1ccccc1)c1ccc(OC(F)F)cc1. The molecule has 0 unspecified atom stereocenters. The van der Waals surface area contributed by atoms with Crippen LogP contribution in [0.25, 0.3) is 0 Å². The highest BCUT2D eigenvalue weighted by Crippen LogP contribution is 2.14. The van der Waals surface area contributed by atoms with Gasteiger partial charge in [-0.15, -0.1) is 0 Å². The van der Waals surface area contributed by atoms with Crippen molar-refractivity contribution in [3.63, 3.8) is 0 Å². The predicted molar refractivity (Wildman–Crippen MR) is 80.2 cm³/mol. The van der Waals surface area contributed by atoms with E-state index in [9.17, 15) is 13.6 Å². The van der Waals surface area contributed by atoms with Gasteiger partial charge in [-0.1, -0.05) is 30.3 Å². The Kier molecular flexibility index (Phi) is 5.89. The average Bonchev–Trinajstić information content (AvgIpc) is 2.52. The number of hydrogen-bond donors (Lipinski definition) is 1. The summed E-state index contributed by atoms with van der Waals surface area (Å²) < 4.78 is 28.3. The monoisotopic (exact) mass is 305 g/mol. The summed E-state index contributed by atoms with van der Waals surface area (Å²) in [4.78, 5) is 11.9. The second-order valence-corrected chi connectivity index (χ2v) is 4.75. The van der Waals surface area contributed by atoms with Crippen LogP contribution < -0.4 is 10.1 Å². The van der Waals surface area contributed by atoms with Gasteiger partial charge in [0.1, 0.15) is 5.75 Å². The van der Waals surface area contributed by atoms with Crippen molar-refractivity contribution >= 4 is 5.91 Å². The van der Waals surface area contributed by atoms with Crippen LogP contribution in [-0.4, -0.2) is 19.1 Å². The second-order valence-electron chi connectivity index (χ2n) is 4.75. The quantitative estimate of drug-likeness (QED) is 0.793. The lowest BCUT2D eigenvalue weighted by Crippen LogP contribution is -2.24. The van der Waals surface area contributed by atoms with E-state index in [1.54, 1.807) is 0 Å². The molecule has 0 aliphatic rings. The van der Waals surface area contributed by atoms with Crippen LogP contribution in [0, 0.1) is 0 Å². The molecule has 3 nitrogen and oxygen atoms in total. The molecule has 1 amide bonds. The molecule has 1 N–H and O–H groups in total. The average molecular weight is 305 g/mol. The Morgan fingerprint density at radius 1 is 1.05 bits per heavy atom. The Hall–Kier alpha value is -2.43. The highest BCUT2D eigenvalue weighted by atomic mass is 19.3. The first-order valence-electron chi connectivity index (χ1n) is 7.02. The standard InChI is InChI=1S/C17H17F2NO2/c18-17(19)22-15-10-8-14(9-11-15)16(21)20-12-4-7-13-5-2-1-3-6-13/h1-3,5-6,8-11,17H,4,7,12H2,(H,20,21). The first-order chi connectivity index (χ1) is 10.6. The van der Waals surface area contributed by atoms with E-state index in [1.165, 1.54) is 29.8 Å². The smallest absolute Gasteiger partial charge is 0.387 e. The Balaban J connectivity index is 1.75. The Labute approximate surface area is 127 Å². The van der Waals surface area contributed by atoms with E-state index in [2.05, 4.69) is 10.1 Å². The highest BCUT2D eigenvalue weighted by Gasteiger charge is 2.07. The van der Waals surface area contributed by atoms with Crippen LogP contribution >= 0.6 is 0 Å². The molecule has 0 bridgehead atoms. The number of nitrogens with one attached hydrogen (secondary N) is 1. The van der Waals surface area contributed by atoms with Crippen molar-refractivity contribution in [2.24, 2.45) is 0 Å². The molecule has 22 heavy (non-hydrogen) atoms. The molecule has 116 valence electrons. The molecule has 0 saturated heterocycles. The molecule has 0 saturated carbocycles. The minimum Gasteiger partial charge on any atom is -0.435 e. The fraction of sp³-hybridized carbons (Fsp3) is 0.235. The summed E-state index contributed by atoms with van der Waals surface area (Å²) in [5, 5.41) is 2.80. The van der Waals surface area contributed by atoms with E-state index in [0.29, 0.717) is 12.1 Å². The van der Waals surface area contributed by atoms with Crippen LogP contribution in [0.1, 0.15) is 22.3 Å². The van der Waals surface area contributed by atoms with Gasteiger partial charge >= 0.3 is 6.61 Å². The lowest BCUT2D eigenvalue weighted by atomic mass is 10.1. The number of hydrogen-bond acceptors (Lipinski definition) is 2. The van der Waals surface area contributed by atoms with E-state index in [4.69, 9.17) is 0 Å². The van der Waals surface area contributed by atoms with Crippen LogP contribution in [0.5, 0.6) is 5.75 Å². The molecule has 0 radical (unpaired) electrons. The number of carbonyl (C=O) groups excluding carboxylic acids is 1. The number of carbonyl (C=O) groups is 1. The zero-order chi connectivity index (χ0) is 15.8. The van der Waals surface area contributed by atoms with E-state index in [0.717, 1.165) is 12.8 Å². The molecule has 5 heteroatoms. The van der Waals surface area contributed by atoms with E-state index in [-0.39, 0.29) is 11.7 Å². The van der Waals surface area contributed by atoms with Crippen LogP contribution in [0.2, 0.25) is 0 Å². The van der Waals surface area contributed by atoms with Gasteiger partial charge in [0.15, 0.2) is 0 Å². The number of ether oxygens (including phenoxy) is 1. The van der Waals surface area contributed by atoms with Gasteiger partial charge in [0.2, 0.25) is 0 Å². The maximum Gasteiger partial charge on any atom is 0.387 e. The summed E-state index contributed by atoms with van der Waals surface area (Å²) in [6.45, 7) is -2.30. The van der Waals surface area contributed by atoms with E-state index < -0.39 is 6.61 Å². The molecule has 0 aromatic heterocycles. The maximum absolute atomic E-state index is 12.0. The largest absolute Gasteiger partial charge is 0.435 e. The minimum atomic E-state index is -2.86. The second kappa shape index (κ2) is 8.12. The van der Waals surface area contributed by atoms with E-state index >= 15 is 0 Å².